The third-order valence-electron chi connectivity index (χ3n) is 25.9. The van der Waals surface area contributed by atoms with Gasteiger partial charge in [-0.1, -0.05) is 214 Å². The Bertz CT molecular complexity index is 3870. The quantitative estimate of drug-likeness (QED) is 0.0192. The van der Waals surface area contributed by atoms with Gasteiger partial charge in [0.05, 0.1) is 0 Å². The number of aliphatic carboxylic acids is 1. The van der Waals surface area contributed by atoms with Gasteiger partial charge in [0, 0.05) is 97.2 Å². The van der Waals surface area contributed by atoms with Crippen LogP contribution in [0, 0.1) is 57.2 Å². The lowest BCUT2D eigenvalue weighted by Crippen LogP contribution is -2.50. The lowest BCUT2D eigenvalue weighted by atomic mass is 9.47. The van der Waals surface area contributed by atoms with Crippen molar-refractivity contribution in [2.45, 2.75) is 289 Å². The first-order valence-electron chi connectivity index (χ1n) is 40.4. The Morgan fingerprint density at radius 2 is 0.881 bits per heavy atom. The molecule has 0 aliphatic heterocycles. The molecule has 14 nitrogen and oxygen atoms in total. The fourth-order valence-electron chi connectivity index (χ4n) is 19.9. The highest BCUT2D eigenvalue weighted by Gasteiger charge is 2.59. The molecule has 109 heavy (non-hydrogen) atoms. The highest BCUT2D eigenvalue weighted by Crippen LogP contribution is 2.68. The van der Waals surface area contributed by atoms with E-state index in [1.54, 1.807) is 43.2 Å². The van der Waals surface area contributed by atoms with E-state index in [1.807, 2.05) is 106 Å². The number of ether oxygens (including phenoxy) is 3. The summed E-state index contributed by atoms with van der Waals surface area (Å²) in [7, 11) is 6.99. The van der Waals surface area contributed by atoms with Crippen molar-refractivity contribution in [3.05, 3.63) is 167 Å². The van der Waals surface area contributed by atoms with Gasteiger partial charge in [-0.25, -0.2) is 9.59 Å². The van der Waals surface area contributed by atoms with Crippen molar-refractivity contribution in [1.29, 1.82) is 0 Å². The number of amides is 2. The smallest absolute Gasteiger partial charge is 0.329 e. The summed E-state index contributed by atoms with van der Waals surface area (Å²) in [5.41, 5.74) is 10.7. The van der Waals surface area contributed by atoms with Crippen LogP contribution in [-0.2, 0) is 55.8 Å². The molecule has 4 unspecified atom stereocenters. The van der Waals surface area contributed by atoms with Crippen molar-refractivity contribution in [3.63, 3.8) is 0 Å². The summed E-state index contributed by atoms with van der Waals surface area (Å²) < 4.78 is 17.9. The second-order valence-electron chi connectivity index (χ2n) is 34.6. The number of aromatic nitrogens is 2. The Kier molecular flexibility index (Phi) is 29.9. The van der Waals surface area contributed by atoms with Gasteiger partial charge in [0.15, 0.2) is 0 Å². The van der Waals surface area contributed by atoms with Gasteiger partial charge < -0.3 is 30.0 Å². The Labute approximate surface area is 667 Å². The minimum Gasteiger partial charge on any atom is -0.480 e. The Hall–Kier alpha value is -6.08. The lowest BCUT2D eigenvalue weighted by Gasteiger charge is -2.57. The van der Waals surface area contributed by atoms with Crippen molar-refractivity contribution in [2.75, 3.05) is 0 Å². The number of nitrogens with zero attached hydrogens (tertiary/aromatic N) is 2. The first kappa shape index (κ1) is 85.3. The summed E-state index contributed by atoms with van der Waals surface area (Å²) >= 11 is 0. The van der Waals surface area contributed by atoms with Crippen LogP contribution in [0.15, 0.2) is 145 Å². The fraction of sp³-hybridized carbons (Fsp3) is 0.604. The molecule has 0 spiro atoms. The van der Waals surface area contributed by atoms with Gasteiger partial charge in [-0.15, -0.1) is 0 Å². The first-order valence-corrected chi connectivity index (χ1v) is 44.9. The Balaban J connectivity index is 0.000000231. The maximum Gasteiger partial charge on any atom is 0.329 e. The van der Waals surface area contributed by atoms with E-state index in [0.29, 0.717) is 74.0 Å². The molecule has 12 rings (SSSR count). The van der Waals surface area contributed by atoms with E-state index in [4.69, 9.17) is 14.2 Å². The predicted octanol–water partition coefficient (Wildman–Crippen LogP) is 20.9. The summed E-state index contributed by atoms with van der Waals surface area (Å²) in [5, 5.41) is 16.2. The van der Waals surface area contributed by atoms with Crippen LogP contribution < -0.4 is 10.6 Å². The highest BCUT2D eigenvalue weighted by atomic mass is 33.1. The number of carbonyl (C=O) groups excluding carboxylic acids is 5. The van der Waals surface area contributed by atoms with Gasteiger partial charge in [-0.2, -0.15) is 0 Å². The highest BCUT2D eigenvalue weighted by molar-refractivity contribution is 8.77. The third-order valence-corrected chi connectivity index (χ3v) is 33.0. The molecule has 0 bridgehead atoms. The molecule has 0 radical (unpaired) electrons. The zero-order valence-electron chi connectivity index (χ0n) is 65.9. The topological polar surface area (TPSA) is 200 Å². The first-order chi connectivity index (χ1) is 51.6. The molecule has 592 valence electrons. The summed E-state index contributed by atoms with van der Waals surface area (Å²) in [4.78, 5) is 85.1. The molecule has 3 N–H and O–H groups in total. The number of carboxylic acid groups (broad SMARTS) is 1. The number of benzene rings is 2. The average Bonchev–Trinajstić information content (AvgIpc) is 1.65. The number of hydrogen-bond acceptors (Lipinski definition) is 15. The molecular formula is C91H124N4O10S4. The van der Waals surface area contributed by atoms with Crippen molar-refractivity contribution in [2.24, 2.45) is 57.2 Å². The van der Waals surface area contributed by atoms with Crippen molar-refractivity contribution < 1.29 is 48.1 Å². The van der Waals surface area contributed by atoms with Crippen LogP contribution in [0.5, 0.6) is 0 Å². The van der Waals surface area contributed by atoms with Crippen LogP contribution in [-0.4, -0.2) is 102 Å². The lowest BCUT2D eigenvalue weighted by molar-refractivity contribution is -0.158. The number of carbonyl (C=O) groups is 6. The zero-order valence-corrected chi connectivity index (χ0v) is 69.2. The van der Waals surface area contributed by atoms with Crippen LogP contribution in [0.25, 0.3) is 11.1 Å². The summed E-state index contributed by atoms with van der Waals surface area (Å²) in [6.45, 7) is 24.0. The second kappa shape index (κ2) is 38.2. The molecule has 2 aromatic heterocycles. The maximum atomic E-state index is 13.1. The van der Waals surface area contributed by atoms with E-state index in [9.17, 15) is 33.9 Å². The number of allylic oxidation sites excluding steroid dienone is 6. The van der Waals surface area contributed by atoms with E-state index in [0.717, 1.165) is 81.8 Å². The summed E-state index contributed by atoms with van der Waals surface area (Å²) in [6.07, 6.45) is 38.2. The Morgan fingerprint density at radius 3 is 1.27 bits per heavy atom. The molecule has 2 aromatic carbocycles. The van der Waals surface area contributed by atoms with E-state index in [1.165, 1.54) is 65.5 Å². The molecule has 2 heterocycles. The number of esters is 3. The summed E-state index contributed by atoms with van der Waals surface area (Å²) in [5.74, 6) is 2.11. The van der Waals surface area contributed by atoms with E-state index in [2.05, 4.69) is 125 Å². The van der Waals surface area contributed by atoms with Crippen LogP contribution in [0.2, 0.25) is 0 Å². The van der Waals surface area contributed by atoms with Crippen LogP contribution in [0.4, 0.5) is 0 Å². The standard InChI is InChI=1S/C47H64N2O5S2.C43H56N2O5S2.CH4/c1-31(15-21-42(50)49-41(44(52)54-45(3,4)5)28-33-12-9-8-10-13-33)55-56-32(2)16-22-43(51)53-36-23-25-46(6)35(29-36)17-18-37-39-20-19-38(34-14-11-27-48-30-34)47(39,7)26-24-40(37)46;1-28(12-18-39(46)45-38(41(48)49)25-30-9-6-5-7-10-30)51-52-29(2)13-19-40(47)50-33-20-22-42(3)32(26-33)14-15-34-36-17-16-35(31-11-8-24-44-27-31)43(36,4)23-21-37(34)42;/h8-14,17,19,27,30-32,36-37,39-41H,15-16,18,20-26,28-29H2,1-7H3,(H,49,50);5-11,14,16,24,27-29,33-34,36-38H,12-13,15,17-23,25-26H2,1-4H3,(H,45,46)(H,48,49);1H4/t31?,32?,36-,37-,39-,40-,41-,46-,47+;28?,29?,33-,34-,36-,37-,38-,42-,43+;/m00./s1. The Morgan fingerprint density at radius 1 is 0.495 bits per heavy atom. The molecule has 0 saturated heterocycles. The molecule has 4 fully saturated rings. The average molecular weight is 1560 g/mol. The van der Waals surface area contributed by atoms with Gasteiger partial charge in [0.2, 0.25) is 11.8 Å². The third kappa shape index (κ3) is 21.6. The number of pyridine rings is 2. The van der Waals surface area contributed by atoms with Crippen molar-refractivity contribution in [3.8, 4) is 0 Å². The number of hydrogen-bond donors (Lipinski definition) is 3. The molecular weight excluding hydrogens is 1440 g/mol. The maximum absolute atomic E-state index is 13.1. The summed E-state index contributed by atoms with van der Waals surface area (Å²) in [6, 6.07) is 25.9. The minimum atomic E-state index is -1.03. The number of carboxylic acids is 1. The molecule has 4 saturated carbocycles. The second-order valence-corrected chi connectivity index (χ2v) is 40.9. The molecule has 18 heteroatoms. The van der Waals surface area contributed by atoms with E-state index < -0.39 is 29.6 Å². The molecule has 8 aliphatic carbocycles. The normalized spacial score (nSPS) is 28.8. The molecule has 2 amide bonds. The minimum absolute atomic E-state index is 0. The molecule has 4 aromatic rings. The fourth-order valence-corrected chi connectivity index (χ4v) is 24.9. The van der Waals surface area contributed by atoms with E-state index in [-0.39, 0.29) is 98.9 Å². The van der Waals surface area contributed by atoms with Crippen LogP contribution in [0.3, 0.4) is 0 Å². The van der Waals surface area contributed by atoms with Crippen LogP contribution in [0.1, 0.15) is 247 Å². The number of nitrogens with one attached hydrogen (secondary N) is 2. The number of fused-ring (bicyclic) bond motifs is 10. The van der Waals surface area contributed by atoms with Crippen molar-refractivity contribution in [1.82, 2.24) is 20.6 Å². The monoisotopic (exact) mass is 1560 g/mol. The predicted molar refractivity (Wildman–Crippen MR) is 448 cm³/mol. The molecule has 8 aliphatic rings. The van der Waals surface area contributed by atoms with Gasteiger partial charge in [0.25, 0.3) is 0 Å². The largest absolute Gasteiger partial charge is 0.480 e. The zero-order chi connectivity index (χ0) is 77.0. The van der Waals surface area contributed by atoms with Crippen LogP contribution >= 0.6 is 43.2 Å². The van der Waals surface area contributed by atoms with E-state index >= 15 is 0 Å². The van der Waals surface area contributed by atoms with Crippen molar-refractivity contribution >= 4 is 90.0 Å². The van der Waals surface area contributed by atoms with Gasteiger partial charge >= 0.3 is 23.9 Å². The van der Waals surface area contributed by atoms with Gasteiger partial charge in [-0.05, 0) is 226 Å². The van der Waals surface area contributed by atoms with Gasteiger partial charge in [0.1, 0.15) is 29.9 Å². The SMILES string of the molecule is C.CC(CCC(=O)N[C@@H](Cc1ccccc1)C(=O)O)SSC(C)CCC(=O)O[C@H]1CC[C@@]2(C)C(=CC[C@@H]3[C@@H]2CC[C@]2(C)C(c4cccnc4)=CC[C@@H]32)C1.CC(CCC(=O)N[C@@H](Cc1ccccc1)C(=O)OC(C)(C)C)SSC(C)CCC(=O)O[C@H]1CC[C@@]2(C)C(=CC[C@@H]3[C@@H]2CC[C@]2(C)C(c4cccnc4)=CC[C@@H]32)C1. The number of rotatable bonds is 30. The van der Waals surface area contributed by atoms with Gasteiger partial charge in [-0.3, -0.25) is 29.1 Å². The molecule has 18 atom stereocenters.